The highest BCUT2D eigenvalue weighted by atomic mass is 35.5. The van der Waals surface area contributed by atoms with Crippen LogP contribution in [0.3, 0.4) is 0 Å². The molecule has 0 saturated heterocycles. The number of nitrogens with zero attached hydrogens (tertiary/aromatic N) is 4. The summed E-state index contributed by atoms with van der Waals surface area (Å²) in [5.74, 6) is 0.390. The van der Waals surface area contributed by atoms with Crippen LogP contribution in [0.1, 0.15) is 5.56 Å². The average molecular weight is 397 g/mol. The Balaban J connectivity index is 2.41. The van der Waals surface area contributed by atoms with Crippen LogP contribution in [0.15, 0.2) is 24.5 Å². The SMILES string of the molecule is COCCN(CCOC)c1ncnc(Oc2ccc(Cl)c(C)c2)c1[N+](=O)[O-]. The van der Waals surface area contributed by atoms with Gasteiger partial charge in [0.25, 0.3) is 0 Å². The Kier molecular flexibility index (Phi) is 7.71. The monoisotopic (exact) mass is 396 g/mol. The maximum atomic E-state index is 11.7. The Hall–Kier alpha value is -2.49. The zero-order valence-corrected chi connectivity index (χ0v) is 16.1. The molecule has 0 aliphatic heterocycles. The summed E-state index contributed by atoms with van der Waals surface area (Å²) < 4.78 is 15.8. The average Bonchev–Trinajstić information content (AvgIpc) is 2.64. The van der Waals surface area contributed by atoms with Gasteiger partial charge >= 0.3 is 11.6 Å². The molecule has 0 aliphatic rings. The summed E-state index contributed by atoms with van der Waals surface area (Å²) in [6.45, 7) is 3.36. The largest absolute Gasteiger partial charge is 0.434 e. The molecule has 0 atom stereocenters. The molecule has 0 radical (unpaired) electrons. The minimum atomic E-state index is -0.556. The van der Waals surface area contributed by atoms with Crippen LogP contribution in [0.2, 0.25) is 5.02 Å². The third-order valence-electron chi connectivity index (χ3n) is 3.73. The van der Waals surface area contributed by atoms with Crippen molar-refractivity contribution in [3.05, 3.63) is 45.2 Å². The summed E-state index contributed by atoms with van der Waals surface area (Å²) in [4.78, 5) is 20.9. The van der Waals surface area contributed by atoms with Crippen molar-refractivity contribution in [2.24, 2.45) is 0 Å². The number of rotatable bonds is 10. The van der Waals surface area contributed by atoms with E-state index in [0.29, 0.717) is 37.1 Å². The van der Waals surface area contributed by atoms with Crippen molar-refractivity contribution in [2.75, 3.05) is 45.4 Å². The first-order chi connectivity index (χ1) is 13.0. The molecule has 0 spiro atoms. The first kappa shape index (κ1) is 20.8. The second-order valence-corrected chi connectivity index (χ2v) is 6.00. The number of aromatic nitrogens is 2. The van der Waals surface area contributed by atoms with E-state index in [1.807, 2.05) is 6.92 Å². The van der Waals surface area contributed by atoms with Crippen molar-refractivity contribution < 1.29 is 19.1 Å². The fourth-order valence-electron chi connectivity index (χ4n) is 2.34. The van der Waals surface area contributed by atoms with Gasteiger partial charge in [-0.1, -0.05) is 11.6 Å². The number of halogens is 1. The third-order valence-corrected chi connectivity index (χ3v) is 4.15. The third kappa shape index (κ3) is 5.49. The van der Waals surface area contributed by atoms with Crippen LogP contribution in [0, 0.1) is 17.0 Å². The second kappa shape index (κ2) is 10.0. The van der Waals surface area contributed by atoms with E-state index in [1.54, 1.807) is 37.3 Å². The Labute approximate surface area is 162 Å². The van der Waals surface area contributed by atoms with Gasteiger partial charge in [-0.3, -0.25) is 10.1 Å². The summed E-state index contributed by atoms with van der Waals surface area (Å²) in [5.41, 5.74) is 0.463. The van der Waals surface area contributed by atoms with Gasteiger partial charge in [-0.2, -0.15) is 4.98 Å². The van der Waals surface area contributed by atoms with Crippen LogP contribution < -0.4 is 9.64 Å². The van der Waals surface area contributed by atoms with Crippen LogP contribution in [0.5, 0.6) is 11.6 Å². The lowest BCUT2D eigenvalue weighted by Crippen LogP contribution is -2.32. The van der Waals surface area contributed by atoms with E-state index in [2.05, 4.69) is 9.97 Å². The van der Waals surface area contributed by atoms with Gasteiger partial charge in [-0.15, -0.1) is 0 Å². The maximum Gasteiger partial charge on any atom is 0.373 e. The number of methoxy groups -OCH3 is 2. The van der Waals surface area contributed by atoms with Gasteiger partial charge in [0.15, 0.2) is 0 Å². The van der Waals surface area contributed by atoms with Crippen LogP contribution >= 0.6 is 11.6 Å². The molecule has 2 rings (SSSR count). The van der Waals surface area contributed by atoms with Crippen molar-refractivity contribution in [1.29, 1.82) is 0 Å². The molecule has 0 saturated carbocycles. The fraction of sp³-hybridized carbons (Fsp3) is 0.412. The zero-order valence-electron chi connectivity index (χ0n) is 15.3. The van der Waals surface area contributed by atoms with E-state index in [4.69, 9.17) is 25.8 Å². The lowest BCUT2D eigenvalue weighted by Gasteiger charge is -2.22. The van der Waals surface area contributed by atoms with Crippen LogP contribution in [-0.4, -0.2) is 55.4 Å². The van der Waals surface area contributed by atoms with Gasteiger partial charge in [-0.05, 0) is 30.7 Å². The molecule has 1 aromatic carbocycles. The van der Waals surface area contributed by atoms with E-state index < -0.39 is 4.92 Å². The summed E-state index contributed by atoms with van der Waals surface area (Å²) in [6, 6.07) is 4.96. The minimum Gasteiger partial charge on any atom is -0.434 e. The van der Waals surface area contributed by atoms with Gasteiger partial charge in [0, 0.05) is 32.3 Å². The van der Waals surface area contributed by atoms with Crippen LogP contribution in [-0.2, 0) is 9.47 Å². The molecule has 0 aliphatic carbocycles. The van der Waals surface area contributed by atoms with Gasteiger partial charge in [0.2, 0.25) is 5.82 Å². The standard InChI is InChI=1S/C17H21ClN4O5/c1-12-10-13(4-5-14(12)18)27-17-15(22(23)24)16(19-11-20-17)21(6-8-25-2)7-9-26-3/h4-5,10-11H,6-9H2,1-3H3. The normalized spacial score (nSPS) is 10.7. The Morgan fingerprint density at radius 2 is 1.85 bits per heavy atom. The molecule has 27 heavy (non-hydrogen) atoms. The summed E-state index contributed by atoms with van der Waals surface area (Å²) >= 11 is 6.01. The first-order valence-electron chi connectivity index (χ1n) is 8.14. The first-order valence-corrected chi connectivity index (χ1v) is 8.52. The summed E-state index contributed by atoms with van der Waals surface area (Å²) in [7, 11) is 3.11. The number of anilines is 1. The van der Waals surface area contributed by atoms with Crippen molar-refractivity contribution in [2.45, 2.75) is 6.92 Å². The van der Waals surface area contributed by atoms with Crippen molar-refractivity contribution in [3.63, 3.8) is 0 Å². The van der Waals surface area contributed by atoms with E-state index in [9.17, 15) is 10.1 Å². The van der Waals surface area contributed by atoms with Crippen molar-refractivity contribution in [1.82, 2.24) is 9.97 Å². The molecule has 0 unspecified atom stereocenters. The smallest absolute Gasteiger partial charge is 0.373 e. The predicted octanol–water partition coefficient (Wildman–Crippen LogP) is 3.24. The highest BCUT2D eigenvalue weighted by Crippen LogP contribution is 2.36. The second-order valence-electron chi connectivity index (χ2n) is 5.59. The molecule has 0 amide bonds. The van der Waals surface area contributed by atoms with Gasteiger partial charge in [0.1, 0.15) is 12.1 Å². The molecule has 1 heterocycles. The number of benzene rings is 1. The number of ether oxygens (including phenoxy) is 3. The lowest BCUT2D eigenvalue weighted by atomic mass is 10.2. The molecule has 2 aromatic rings. The Bertz CT molecular complexity index is 782. The van der Waals surface area contributed by atoms with Gasteiger partial charge in [0.05, 0.1) is 18.1 Å². The maximum absolute atomic E-state index is 11.7. The zero-order chi connectivity index (χ0) is 19.8. The highest BCUT2D eigenvalue weighted by molar-refractivity contribution is 6.31. The van der Waals surface area contributed by atoms with Crippen molar-refractivity contribution in [3.8, 4) is 11.6 Å². The molecule has 0 bridgehead atoms. The number of nitro groups is 1. The lowest BCUT2D eigenvalue weighted by molar-refractivity contribution is -0.385. The van der Waals surface area contributed by atoms with E-state index >= 15 is 0 Å². The van der Waals surface area contributed by atoms with E-state index in [0.717, 1.165) is 5.56 Å². The van der Waals surface area contributed by atoms with Crippen LogP contribution in [0.4, 0.5) is 11.5 Å². The molecule has 9 nitrogen and oxygen atoms in total. The number of hydrogen-bond donors (Lipinski definition) is 0. The molecule has 10 heteroatoms. The summed E-state index contributed by atoms with van der Waals surface area (Å²) in [5, 5.41) is 12.3. The molecule has 0 fully saturated rings. The van der Waals surface area contributed by atoms with E-state index in [1.165, 1.54) is 6.33 Å². The van der Waals surface area contributed by atoms with Crippen molar-refractivity contribution >= 4 is 23.1 Å². The highest BCUT2D eigenvalue weighted by Gasteiger charge is 2.28. The number of hydrogen-bond acceptors (Lipinski definition) is 8. The van der Waals surface area contributed by atoms with Gasteiger partial charge in [-0.25, -0.2) is 4.98 Å². The van der Waals surface area contributed by atoms with Gasteiger partial charge < -0.3 is 19.1 Å². The quantitative estimate of drug-likeness (QED) is 0.445. The van der Waals surface area contributed by atoms with E-state index in [-0.39, 0.29) is 17.4 Å². The Morgan fingerprint density at radius 1 is 1.19 bits per heavy atom. The topological polar surface area (TPSA) is 99.9 Å². The fourth-order valence-corrected chi connectivity index (χ4v) is 2.46. The molecular formula is C17H21ClN4O5. The molecular weight excluding hydrogens is 376 g/mol. The molecule has 1 aromatic heterocycles. The Morgan fingerprint density at radius 3 is 2.41 bits per heavy atom. The number of aryl methyl sites for hydroxylation is 1. The minimum absolute atomic E-state index is 0.143. The molecule has 146 valence electrons. The molecule has 0 N–H and O–H groups in total. The summed E-state index contributed by atoms with van der Waals surface area (Å²) in [6.07, 6.45) is 1.23. The predicted molar refractivity (Wildman–Crippen MR) is 101 cm³/mol. The van der Waals surface area contributed by atoms with Crippen LogP contribution in [0.25, 0.3) is 0 Å².